The number of aromatic nitrogens is 2. The van der Waals surface area contributed by atoms with Gasteiger partial charge in [-0.25, -0.2) is 4.39 Å². The Bertz CT molecular complexity index is 1100. The molecule has 27 heavy (non-hydrogen) atoms. The normalized spacial score (nSPS) is 12.3. The van der Waals surface area contributed by atoms with Gasteiger partial charge in [-0.15, -0.1) is 4.09 Å². The first kappa shape index (κ1) is 19.1. The van der Waals surface area contributed by atoms with E-state index in [9.17, 15) is 12.8 Å². The number of benzene rings is 2. The fourth-order valence-electron chi connectivity index (χ4n) is 2.73. The average molecular weight is 387 g/mol. The smallest absolute Gasteiger partial charge is 0.284 e. The minimum atomic E-state index is -4.01. The average Bonchev–Trinajstić information content (AvgIpc) is 2.99. The molecule has 0 amide bonds. The Balaban J connectivity index is 2.02. The lowest BCUT2D eigenvalue weighted by atomic mass is 9.86. The van der Waals surface area contributed by atoms with Crippen LogP contribution in [-0.2, 0) is 15.4 Å². The summed E-state index contributed by atoms with van der Waals surface area (Å²) >= 11 is 0. The predicted octanol–water partition coefficient (Wildman–Crippen LogP) is 4.11. The van der Waals surface area contributed by atoms with Gasteiger partial charge in [0, 0.05) is 11.6 Å². The number of nitrogens with zero attached hydrogens (tertiary/aromatic N) is 2. The van der Waals surface area contributed by atoms with Crippen molar-refractivity contribution >= 4 is 15.8 Å². The maximum atomic E-state index is 13.5. The van der Waals surface area contributed by atoms with Gasteiger partial charge in [0.2, 0.25) is 0 Å². The van der Waals surface area contributed by atoms with Crippen LogP contribution < -0.4 is 5.73 Å². The number of hydrogen-bond donors (Lipinski definition) is 1. The van der Waals surface area contributed by atoms with Gasteiger partial charge in [0.1, 0.15) is 11.6 Å². The van der Waals surface area contributed by atoms with E-state index < -0.39 is 15.8 Å². The van der Waals surface area contributed by atoms with E-state index in [1.807, 2.05) is 24.3 Å². The van der Waals surface area contributed by atoms with E-state index in [4.69, 9.17) is 5.73 Å². The number of nitrogens with two attached hydrogens (primary N) is 1. The van der Waals surface area contributed by atoms with Gasteiger partial charge in [0.05, 0.1) is 10.6 Å². The first-order valence-corrected chi connectivity index (χ1v) is 9.92. The Morgan fingerprint density at radius 1 is 1.04 bits per heavy atom. The van der Waals surface area contributed by atoms with E-state index in [1.165, 1.54) is 25.1 Å². The third-order valence-corrected chi connectivity index (χ3v) is 6.00. The summed E-state index contributed by atoms with van der Waals surface area (Å²) in [7, 11) is -4.01. The Hall–Kier alpha value is -2.67. The zero-order valence-electron chi connectivity index (χ0n) is 15.7. The number of aryl methyl sites for hydroxylation is 1. The summed E-state index contributed by atoms with van der Waals surface area (Å²) in [4.78, 5) is -0.0640. The Morgan fingerprint density at radius 3 is 2.22 bits per heavy atom. The van der Waals surface area contributed by atoms with Crippen molar-refractivity contribution in [2.45, 2.75) is 38.0 Å². The van der Waals surface area contributed by atoms with Crippen LogP contribution in [0.4, 0.5) is 10.2 Å². The van der Waals surface area contributed by atoms with E-state index in [1.54, 1.807) is 0 Å². The second-order valence-corrected chi connectivity index (χ2v) is 9.31. The molecular weight excluding hydrogens is 365 g/mol. The van der Waals surface area contributed by atoms with Gasteiger partial charge < -0.3 is 5.73 Å². The third-order valence-electron chi connectivity index (χ3n) is 4.41. The topological polar surface area (TPSA) is 78.0 Å². The van der Waals surface area contributed by atoms with Gasteiger partial charge in [0.15, 0.2) is 0 Å². The fraction of sp³-hybridized carbons (Fsp3) is 0.250. The van der Waals surface area contributed by atoms with Crippen molar-refractivity contribution in [1.29, 1.82) is 0 Å². The summed E-state index contributed by atoms with van der Waals surface area (Å²) in [5, 5.41) is 4.18. The highest BCUT2D eigenvalue weighted by molar-refractivity contribution is 7.90. The van der Waals surface area contributed by atoms with Crippen molar-refractivity contribution < 1.29 is 12.8 Å². The summed E-state index contributed by atoms with van der Waals surface area (Å²) in [5.74, 6) is -0.478. The number of anilines is 1. The van der Waals surface area contributed by atoms with Crippen LogP contribution in [0.3, 0.4) is 0 Å². The molecule has 0 unspecified atom stereocenters. The third kappa shape index (κ3) is 3.60. The standard InChI is InChI=1S/C20H22FN3O2S/c1-13-11-16(9-10-17(13)21)27(25,26)24-19(22)12-18(23-24)14-5-7-15(8-6-14)20(2,3)4/h5-12H,22H2,1-4H3. The molecule has 0 bridgehead atoms. The number of rotatable bonds is 3. The first-order chi connectivity index (χ1) is 12.5. The highest BCUT2D eigenvalue weighted by Gasteiger charge is 2.23. The molecule has 3 rings (SSSR count). The van der Waals surface area contributed by atoms with Gasteiger partial charge in [-0.05, 0) is 41.7 Å². The van der Waals surface area contributed by atoms with E-state index in [2.05, 4.69) is 25.9 Å². The molecule has 0 fully saturated rings. The van der Waals surface area contributed by atoms with E-state index >= 15 is 0 Å². The van der Waals surface area contributed by atoms with Crippen LogP contribution in [0.25, 0.3) is 11.3 Å². The molecule has 7 heteroatoms. The van der Waals surface area contributed by atoms with Gasteiger partial charge in [-0.2, -0.15) is 13.5 Å². The molecule has 5 nitrogen and oxygen atoms in total. The molecule has 142 valence electrons. The van der Waals surface area contributed by atoms with Crippen molar-refractivity contribution in [1.82, 2.24) is 9.19 Å². The summed E-state index contributed by atoms with van der Waals surface area (Å²) in [6, 6.07) is 12.9. The molecule has 0 saturated heterocycles. The molecule has 1 heterocycles. The van der Waals surface area contributed by atoms with Crippen molar-refractivity contribution in [2.24, 2.45) is 0 Å². The molecule has 0 aliphatic carbocycles. The minimum Gasteiger partial charge on any atom is -0.383 e. The minimum absolute atomic E-state index is 0.00752. The molecule has 3 aromatic rings. The lowest BCUT2D eigenvalue weighted by Crippen LogP contribution is -2.17. The maximum Gasteiger partial charge on any atom is 0.284 e. The second kappa shape index (κ2) is 6.49. The highest BCUT2D eigenvalue weighted by atomic mass is 32.2. The molecule has 2 aromatic carbocycles. The molecular formula is C20H22FN3O2S. The second-order valence-electron chi connectivity index (χ2n) is 7.54. The largest absolute Gasteiger partial charge is 0.383 e. The van der Waals surface area contributed by atoms with Crippen LogP contribution in [0.2, 0.25) is 0 Å². The Labute approximate surface area is 158 Å². The van der Waals surface area contributed by atoms with Gasteiger partial charge in [0.25, 0.3) is 10.0 Å². The van der Waals surface area contributed by atoms with Gasteiger partial charge in [-0.1, -0.05) is 45.0 Å². The lowest BCUT2D eigenvalue weighted by Gasteiger charge is -2.18. The Morgan fingerprint density at radius 2 is 1.67 bits per heavy atom. The number of hydrogen-bond acceptors (Lipinski definition) is 4. The van der Waals surface area contributed by atoms with Crippen LogP contribution in [0.1, 0.15) is 31.9 Å². The van der Waals surface area contributed by atoms with Crippen molar-refractivity contribution in [3.8, 4) is 11.3 Å². The molecule has 0 aliphatic rings. The van der Waals surface area contributed by atoms with Crippen molar-refractivity contribution in [3.05, 3.63) is 65.5 Å². The van der Waals surface area contributed by atoms with Crippen LogP contribution in [0, 0.1) is 12.7 Å². The molecule has 2 N–H and O–H groups in total. The van der Waals surface area contributed by atoms with Crippen molar-refractivity contribution in [3.63, 3.8) is 0 Å². The number of nitrogen functional groups attached to an aromatic ring is 1. The summed E-state index contributed by atoms with van der Waals surface area (Å²) in [5.41, 5.74) is 8.54. The summed E-state index contributed by atoms with van der Waals surface area (Å²) < 4.78 is 39.9. The highest BCUT2D eigenvalue weighted by Crippen LogP contribution is 2.28. The van der Waals surface area contributed by atoms with E-state index in [0.717, 1.165) is 21.3 Å². The maximum absolute atomic E-state index is 13.5. The fourth-order valence-corrected chi connectivity index (χ4v) is 4.02. The molecule has 0 aliphatic heterocycles. The number of halogens is 1. The zero-order chi connectivity index (χ0) is 20.0. The van der Waals surface area contributed by atoms with Crippen LogP contribution in [-0.4, -0.2) is 17.6 Å². The SMILES string of the molecule is Cc1cc(S(=O)(=O)n2nc(-c3ccc(C(C)(C)C)cc3)cc2N)ccc1F. The molecule has 0 saturated carbocycles. The van der Waals surface area contributed by atoms with Crippen LogP contribution in [0.5, 0.6) is 0 Å². The van der Waals surface area contributed by atoms with Crippen LogP contribution in [0.15, 0.2) is 53.4 Å². The van der Waals surface area contributed by atoms with E-state index in [-0.39, 0.29) is 21.7 Å². The molecule has 1 aromatic heterocycles. The summed E-state index contributed by atoms with van der Waals surface area (Å²) in [6.07, 6.45) is 0. The van der Waals surface area contributed by atoms with Gasteiger partial charge >= 0.3 is 0 Å². The van der Waals surface area contributed by atoms with Gasteiger partial charge in [-0.3, -0.25) is 0 Å². The summed E-state index contributed by atoms with van der Waals surface area (Å²) in [6.45, 7) is 7.85. The molecule has 0 radical (unpaired) electrons. The lowest BCUT2D eigenvalue weighted by molar-refractivity contribution is 0.579. The predicted molar refractivity (Wildman–Crippen MR) is 104 cm³/mol. The quantitative estimate of drug-likeness (QED) is 0.733. The van der Waals surface area contributed by atoms with Crippen molar-refractivity contribution in [2.75, 3.05) is 5.73 Å². The molecule has 0 atom stereocenters. The monoisotopic (exact) mass is 387 g/mol. The Kier molecular flexibility index (Phi) is 4.59. The van der Waals surface area contributed by atoms with Crippen LogP contribution >= 0.6 is 0 Å². The first-order valence-electron chi connectivity index (χ1n) is 8.48. The van der Waals surface area contributed by atoms with E-state index in [0.29, 0.717) is 5.69 Å². The molecule has 0 spiro atoms. The zero-order valence-corrected chi connectivity index (χ0v) is 16.5.